The van der Waals surface area contributed by atoms with Gasteiger partial charge in [0.1, 0.15) is 0 Å². The summed E-state index contributed by atoms with van der Waals surface area (Å²) in [5.41, 5.74) is 1.11. The zero-order valence-corrected chi connectivity index (χ0v) is 13.7. The average Bonchev–Trinajstić information content (AvgIpc) is 2.60. The lowest BCUT2D eigenvalue weighted by molar-refractivity contribution is -0.141. The van der Waals surface area contributed by atoms with E-state index in [1.165, 1.54) is 17.0 Å². The minimum Gasteiger partial charge on any atom is -0.478 e. The molecule has 1 saturated heterocycles. The molecule has 1 aromatic rings. The maximum absolute atomic E-state index is 12.1. The number of hydrogen-bond donors (Lipinski definition) is 1. The Balaban J connectivity index is 1.78. The van der Waals surface area contributed by atoms with Gasteiger partial charge in [-0.1, -0.05) is 12.1 Å². The number of ether oxygens (including phenoxy) is 1. The highest BCUT2D eigenvalue weighted by Gasteiger charge is 2.20. The van der Waals surface area contributed by atoms with E-state index in [2.05, 4.69) is 0 Å². The van der Waals surface area contributed by atoms with E-state index in [1.807, 2.05) is 0 Å². The third kappa shape index (κ3) is 5.06. The lowest BCUT2D eigenvalue weighted by Gasteiger charge is -2.28. The molecule has 0 atom stereocenters. The van der Waals surface area contributed by atoms with Gasteiger partial charge in [0.2, 0.25) is 11.8 Å². The van der Waals surface area contributed by atoms with Crippen molar-refractivity contribution in [2.45, 2.75) is 12.8 Å². The summed E-state index contributed by atoms with van der Waals surface area (Å²) >= 11 is 0. The van der Waals surface area contributed by atoms with Crippen molar-refractivity contribution in [2.75, 3.05) is 39.9 Å². The Kier molecular flexibility index (Phi) is 6.31. The van der Waals surface area contributed by atoms with Crippen LogP contribution in [0.25, 0.3) is 0 Å². The fourth-order valence-electron chi connectivity index (χ4n) is 2.46. The van der Waals surface area contributed by atoms with Crippen molar-refractivity contribution in [3.8, 4) is 0 Å². The fourth-order valence-corrected chi connectivity index (χ4v) is 2.46. The van der Waals surface area contributed by atoms with Gasteiger partial charge in [-0.15, -0.1) is 0 Å². The van der Waals surface area contributed by atoms with E-state index in [0.29, 0.717) is 32.7 Å². The van der Waals surface area contributed by atoms with Crippen LogP contribution < -0.4 is 0 Å². The minimum absolute atomic E-state index is 0.0663. The summed E-state index contributed by atoms with van der Waals surface area (Å²) in [4.78, 5) is 38.2. The van der Waals surface area contributed by atoms with Crippen LogP contribution in [0.1, 0.15) is 22.3 Å². The number of carboxylic acid groups (broad SMARTS) is 1. The van der Waals surface area contributed by atoms with E-state index in [0.717, 1.165) is 5.56 Å². The SMILES string of the molecule is CN(CC(=O)N1CCOCC1)C(=O)CCc1ccc(C(=O)O)cc1. The summed E-state index contributed by atoms with van der Waals surface area (Å²) in [6.07, 6.45) is 0.786. The largest absolute Gasteiger partial charge is 0.478 e. The number of hydrogen-bond acceptors (Lipinski definition) is 4. The van der Waals surface area contributed by atoms with Crippen molar-refractivity contribution in [1.82, 2.24) is 9.80 Å². The molecular weight excluding hydrogens is 312 g/mol. The molecule has 1 aliphatic heterocycles. The van der Waals surface area contributed by atoms with Crippen LogP contribution >= 0.6 is 0 Å². The molecule has 1 N–H and O–H groups in total. The number of carbonyl (C=O) groups excluding carboxylic acids is 2. The summed E-state index contributed by atoms with van der Waals surface area (Å²) in [5.74, 6) is -1.15. The lowest BCUT2D eigenvalue weighted by atomic mass is 10.1. The van der Waals surface area contributed by atoms with E-state index < -0.39 is 5.97 Å². The molecule has 0 spiro atoms. The Morgan fingerprint density at radius 3 is 2.38 bits per heavy atom. The molecule has 0 unspecified atom stereocenters. The molecule has 7 heteroatoms. The monoisotopic (exact) mass is 334 g/mol. The molecule has 2 rings (SSSR count). The van der Waals surface area contributed by atoms with Gasteiger partial charge in [-0.2, -0.15) is 0 Å². The highest BCUT2D eigenvalue weighted by molar-refractivity contribution is 5.87. The molecule has 1 fully saturated rings. The molecule has 0 aliphatic carbocycles. The van der Waals surface area contributed by atoms with Gasteiger partial charge >= 0.3 is 5.97 Å². The first kappa shape index (κ1) is 17.9. The number of rotatable bonds is 6. The number of aryl methyl sites for hydroxylation is 1. The number of likely N-dealkylation sites (N-methyl/N-ethyl adjacent to an activating group) is 1. The highest BCUT2D eigenvalue weighted by Crippen LogP contribution is 2.08. The summed E-state index contributed by atoms with van der Waals surface area (Å²) in [6.45, 7) is 2.27. The first-order valence-corrected chi connectivity index (χ1v) is 7.89. The molecule has 0 saturated carbocycles. The van der Waals surface area contributed by atoms with Gasteiger partial charge in [-0.25, -0.2) is 4.79 Å². The second-order valence-corrected chi connectivity index (χ2v) is 5.75. The fraction of sp³-hybridized carbons (Fsp3) is 0.471. The second-order valence-electron chi connectivity index (χ2n) is 5.75. The molecule has 2 amide bonds. The smallest absolute Gasteiger partial charge is 0.335 e. The lowest BCUT2D eigenvalue weighted by Crippen LogP contribution is -2.46. The maximum atomic E-state index is 12.1. The van der Waals surface area contributed by atoms with Crippen LogP contribution in [0.2, 0.25) is 0 Å². The zero-order chi connectivity index (χ0) is 17.5. The van der Waals surface area contributed by atoms with Gasteiger partial charge in [-0.3, -0.25) is 9.59 Å². The number of morpholine rings is 1. The second kappa shape index (κ2) is 8.44. The summed E-state index contributed by atoms with van der Waals surface area (Å²) < 4.78 is 5.20. The van der Waals surface area contributed by atoms with Crippen LogP contribution in [0.5, 0.6) is 0 Å². The Labute approximate surface area is 140 Å². The summed E-state index contributed by atoms with van der Waals surface area (Å²) in [6, 6.07) is 6.45. The molecule has 1 aromatic carbocycles. The third-order valence-corrected chi connectivity index (χ3v) is 3.99. The molecule has 1 heterocycles. The van der Waals surface area contributed by atoms with Crippen molar-refractivity contribution in [1.29, 1.82) is 0 Å². The Morgan fingerprint density at radius 2 is 1.79 bits per heavy atom. The topological polar surface area (TPSA) is 87.2 Å². The van der Waals surface area contributed by atoms with Crippen LogP contribution in [-0.2, 0) is 20.7 Å². The predicted octanol–water partition coefficient (Wildman–Crippen LogP) is 0.635. The minimum atomic E-state index is -0.973. The number of carboxylic acids is 1. The van der Waals surface area contributed by atoms with Crippen molar-refractivity contribution in [3.05, 3.63) is 35.4 Å². The van der Waals surface area contributed by atoms with E-state index in [4.69, 9.17) is 9.84 Å². The Hall–Kier alpha value is -2.41. The maximum Gasteiger partial charge on any atom is 0.335 e. The van der Waals surface area contributed by atoms with Gasteiger partial charge in [0.15, 0.2) is 0 Å². The molecule has 7 nitrogen and oxygen atoms in total. The van der Waals surface area contributed by atoms with Crippen molar-refractivity contribution in [2.24, 2.45) is 0 Å². The van der Waals surface area contributed by atoms with Crippen LogP contribution in [0.3, 0.4) is 0 Å². The molecule has 0 aromatic heterocycles. The summed E-state index contributed by atoms with van der Waals surface area (Å²) in [5, 5.41) is 8.85. The first-order valence-electron chi connectivity index (χ1n) is 7.89. The Morgan fingerprint density at radius 1 is 1.17 bits per heavy atom. The van der Waals surface area contributed by atoms with Crippen LogP contribution in [0, 0.1) is 0 Å². The third-order valence-electron chi connectivity index (χ3n) is 3.99. The molecule has 1 aliphatic rings. The standard InChI is InChI=1S/C17H22N2O5/c1-18(12-16(21)19-8-10-24-11-9-19)15(20)7-4-13-2-5-14(6-3-13)17(22)23/h2-3,5-6H,4,7-12H2,1H3,(H,22,23). The molecule has 24 heavy (non-hydrogen) atoms. The van der Waals surface area contributed by atoms with Gasteiger partial charge in [0.25, 0.3) is 0 Å². The highest BCUT2D eigenvalue weighted by atomic mass is 16.5. The van der Waals surface area contributed by atoms with E-state index >= 15 is 0 Å². The van der Waals surface area contributed by atoms with Crippen LogP contribution in [0.4, 0.5) is 0 Å². The zero-order valence-electron chi connectivity index (χ0n) is 13.7. The van der Waals surface area contributed by atoms with Crippen LogP contribution in [-0.4, -0.2) is 72.6 Å². The molecular formula is C17H22N2O5. The number of nitrogens with zero attached hydrogens (tertiary/aromatic N) is 2. The predicted molar refractivity (Wildman–Crippen MR) is 86.8 cm³/mol. The van der Waals surface area contributed by atoms with Crippen LogP contribution in [0.15, 0.2) is 24.3 Å². The number of aromatic carboxylic acids is 1. The van der Waals surface area contributed by atoms with E-state index in [9.17, 15) is 14.4 Å². The quantitative estimate of drug-likeness (QED) is 0.825. The molecule has 0 bridgehead atoms. The summed E-state index contributed by atoms with van der Waals surface area (Å²) in [7, 11) is 1.62. The average molecular weight is 334 g/mol. The van der Waals surface area contributed by atoms with Gasteiger partial charge in [0, 0.05) is 26.6 Å². The van der Waals surface area contributed by atoms with E-state index in [1.54, 1.807) is 24.1 Å². The number of carbonyl (C=O) groups is 3. The molecule has 130 valence electrons. The Bertz CT molecular complexity index is 594. The first-order chi connectivity index (χ1) is 11.5. The van der Waals surface area contributed by atoms with Crippen molar-refractivity contribution < 1.29 is 24.2 Å². The van der Waals surface area contributed by atoms with Gasteiger partial charge in [0.05, 0.1) is 25.3 Å². The van der Waals surface area contributed by atoms with Crippen molar-refractivity contribution in [3.63, 3.8) is 0 Å². The van der Waals surface area contributed by atoms with E-state index in [-0.39, 0.29) is 30.3 Å². The van der Waals surface area contributed by atoms with Gasteiger partial charge in [-0.05, 0) is 24.1 Å². The number of amides is 2. The molecule has 0 radical (unpaired) electrons. The normalized spacial score (nSPS) is 14.3. The van der Waals surface area contributed by atoms with Gasteiger partial charge < -0.3 is 19.6 Å². The van der Waals surface area contributed by atoms with Crippen molar-refractivity contribution >= 4 is 17.8 Å². The number of benzene rings is 1.